The van der Waals surface area contributed by atoms with E-state index in [1.807, 2.05) is 14.1 Å². The summed E-state index contributed by atoms with van der Waals surface area (Å²) in [5.41, 5.74) is 0.765. The number of alkyl halides is 3. The van der Waals surface area contributed by atoms with E-state index in [0.29, 0.717) is 5.82 Å². The Morgan fingerprint density at radius 2 is 2.13 bits per heavy atom. The fourth-order valence-electron chi connectivity index (χ4n) is 2.88. The summed E-state index contributed by atoms with van der Waals surface area (Å²) in [7, 11) is 5.23. The molecule has 2 atom stereocenters. The average molecular weight is 330 g/mol. The Labute approximate surface area is 133 Å². The van der Waals surface area contributed by atoms with Gasteiger partial charge in [-0.25, -0.2) is 4.98 Å². The molecule has 1 fully saturated rings. The number of aromatic nitrogens is 1. The topological polar surface area (TPSA) is 48.5 Å². The van der Waals surface area contributed by atoms with Crippen LogP contribution in [0.4, 0.5) is 19.0 Å². The Balaban J connectivity index is 2.05. The van der Waals surface area contributed by atoms with Gasteiger partial charge in [0, 0.05) is 45.5 Å². The smallest absolute Gasteiger partial charge is 0.362 e. The summed E-state index contributed by atoms with van der Waals surface area (Å²) in [6, 6.07) is 3.53. The monoisotopic (exact) mass is 330 g/mol. The van der Waals surface area contributed by atoms with E-state index in [1.54, 1.807) is 30.3 Å². The van der Waals surface area contributed by atoms with Crippen LogP contribution >= 0.6 is 0 Å². The van der Waals surface area contributed by atoms with Crippen LogP contribution in [0, 0.1) is 11.8 Å². The summed E-state index contributed by atoms with van der Waals surface area (Å²) in [4.78, 5) is 19.8. The summed E-state index contributed by atoms with van der Waals surface area (Å²) in [6.45, 7) is 0.131. The van der Waals surface area contributed by atoms with Crippen molar-refractivity contribution in [1.29, 1.82) is 0 Å². The molecular formula is C15H21F3N4O. The van der Waals surface area contributed by atoms with Crippen molar-refractivity contribution < 1.29 is 18.0 Å². The van der Waals surface area contributed by atoms with Gasteiger partial charge in [0.25, 0.3) is 0 Å². The molecule has 8 heteroatoms. The fourth-order valence-corrected chi connectivity index (χ4v) is 2.88. The molecule has 1 aromatic rings. The molecule has 0 saturated carbocycles. The molecule has 0 spiro atoms. The number of rotatable bonds is 4. The summed E-state index contributed by atoms with van der Waals surface area (Å²) in [5.74, 6) is -2.57. The predicted octanol–water partition coefficient (Wildman–Crippen LogP) is 1.50. The first kappa shape index (κ1) is 17.5. The third-order valence-electron chi connectivity index (χ3n) is 4.00. The van der Waals surface area contributed by atoms with Crippen LogP contribution in [0.2, 0.25) is 0 Å². The lowest BCUT2D eigenvalue weighted by Crippen LogP contribution is -2.40. The van der Waals surface area contributed by atoms with E-state index in [0.717, 1.165) is 5.56 Å². The number of amides is 1. The molecule has 1 saturated heterocycles. The number of nitrogens with zero attached hydrogens (tertiary/aromatic N) is 3. The Morgan fingerprint density at radius 3 is 2.74 bits per heavy atom. The second-order valence-electron chi connectivity index (χ2n) is 6.07. The maximum absolute atomic E-state index is 13.1. The molecule has 0 aliphatic carbocycles. The van der Waals surface area contributed by atoms with Crippen LogP contribution in [0.25, 0.3) is 0 Å². The highest BCUT2D eigenvalue weighted by atomic mass is 19.4. The number of nitrogens with one attached hydrogen (secondary N) is 1. The van der Waals surface area contributed by atoms with Crippen LogP contribution < -0.4 is 10.2 Å². The fraction of sp³-hybridized carbons (Fsp3) is 0.600. The number of carbonyl (C=O) groups is 1. The molecule has 1 aliphatic rings. The van der Waals surface area contributed by atoms with Gasteiger partial charge in [-0.3, -0.25) is 4.79 Å². The minimum atomic E-state index is -4.37. The van der Waals surface area contributed by atoms with Crippen molar-refractivity contribution in [2.75, 3.05) is 39.1 Å². The average Bonchev–Trinajstić information content (AvgIpc) is 2.87. The highest BCUT2D eigenvalue weighted by Gasteiger charge is 2.51. The van der Waals surface area contributed by atoms with Crippen LogP contribution in [-0.2, 0) is 11.3 Å². The van der Waals surface area contributed by atoms with Crippen molar-refractivity contribution >= 4 is 11.7 Å². The molecule has 128 valence electrons. The van der Waals surface area contributed by atoms with Gasteiger partial charge in [0.2, 0.25) is 5.91 Å². The van der Waals surface area contributed by atoms with Gasteiger partial charge in [-0.05, 0) is 13.1 Å². The first-order chi connectivity index (χ1) is 10.7. The van der Waals surface area contributed by atoms with Crippen LogP contribution in [0.3, 0.4) is 0 Å². The lowest BCUT2D eigenvalue weighted by molar-refractivity contribution is -0.183. The predicted molar refractivity (Wildman–Crippen MR) is 80.9 cm³/mol. The second-order valence-corrected chi connectivity index (χ2v) is 6.07. The molecule has 1 N–H and O–H groups in total. The summed E-state index contributed by atoms with van der Waals surface area (Å²) in [6.07, 6.45) is -2.73. The molecule has 0 bridgehead atoms. The lowest BCUT2D eigenvalue weighted by atomic mass is 9.94. The van der Waals surface area contributed by atoms with Gasteiger partial charge in [-0.2, -0.15) is 13.2 Å². The molecular weight excluding hydrogens is 309 g/mol. The van der Waals surface area contributed by atoms with E-state index < -0.39 is 23.9 Å². The molecule has 5 nitrogen and oxygen atoms in total. The SMILES string of the molecule is CN1C[C@@H](C(F)(F)F)[C@H](C(=O)NCc2cccnc2N(C)C)C1. The second kappa shape index (κ2) is 6.74. The number of likely N-dealkylation sites (tertiary alicyclic amines) is 1. The summed E-state index contributed by atoms with van der Waals surface area (Å²) < 4.78 is 39.2. The van der Waals surface area contributed by atoms with E-state index in [4.69, 9.17) is 0 Å². The van der Waals surface area contributed by atoms with Gasteiger partial charge in [-0.1, -0.05) is 6.07 Å². The Kier molecular flexibility index (Phi) is 5.13. The zero-order valence-electron chi connectivity index (χ0n) is 13.4. The third-order valence-corrected chi connectivity index (χ3v) is 4.00. The largest absolute Gasteiger partial charge is 0.393 e. The number of halogens is 3. The maximum Gasteiger partial charge on any atom is 0.393 e. The van der Waals surface area contributed by atoms with Crippen LogP contribution in [0.5, 0.6) is 0 Å². The number of carbonyl (C=O) groups excluding carboxylic acids is 1. The number of pyridine rings is 1. The minimum Gasteiger partial charge on any atom is -0.362 e. The number of hydrogen-bond donors (Lipinski definition) is 1. The summed E-state index contributed by atoms with van der Waals surface area (Å²) >= 11 is 0. The van der Waals surface area contributed by atoms with Crippen LogP contribution in [0.1, 0.15) is 5.56 Å². The number of hydrogen-bond acceptors (Lipinski definition) is 4. The summed E-state index contributed by atoms with van der Waals surface area (Å²) in [5, 5.41) is 2.63. The lowest BCUT2D eigenvalue weighted by Gasteiger charge is -2.21. The van der Waals surface area contributed by atoms with Crippen LogP contribution in [-0.4, -0.2) is 56.2 Å². The third kappa shape index (κ3) is 4.13. The highest BCUT2D eigenvalue weighted by molar-refractivity contribution is 5.79. The molecule has 23 heavy (non-hydrogen) atoms. The molecule has 2 rings (SSSR count). The van der Waals surface area contributed by atoms with Gasteiger partial charge in [-0.15, -0.1) is 0 Å². The van der Waals surface area contributed by atoms with E-state index in [-0.39, 0.29) is 19.6 Å². The van der Waals surface area contributed by atoms with E-state index in [1.165, 1.54) is 4.90 Å². The highest BCUT2D eigenvalue weighted by Crippen LogP contribution is 2.37. The van der Waals surface area contributed by atoms with Crippen molar-refractivity contribution in [2.45, 2.75) is 12.7 Å². The van der Waals surface area contributed by atoms with Crippen molar-refractivity contribution in [1.82, 2.24) is 15.2 Å². The first-order valence-corrected chi connectivity index (χ1v) is 7.34. The first-order valence-electron chi connectivity index (χ1n) is 7.34. The molecule has 1 aromatic heterocycles. The zero-order valence-corrected chi connectivity index (χ0v) is 13.4. The van der Waals surface area contributed by atoms with Gasteiger partial charge in [0.1, 0.15) is 5.82 Å². The normalized spacial score (nSPS) is 22.2. The van der Waals surface area contributed by atoms with Gasteiger partial charge in [0.15, 0.2) is 0 Å². The van der Waals surface area contributed by atoms with E-state index in [9.17, 15) is 18.0 Å². The Bertz CT molecular complexity index is 562. The van der Waals surface area contributed by atoms with Gasteiger partial charge < -0.3 is 15.1 Å². The maximum atomic E-state index is 13.1. The molecule has 0 radical (unpaired) electrons. The standard InChI is InChI=1S/C15H21F3N4O/c1-21(2)13-10(5-4-6-19-13)7-20-14(23)11-8-22(3)9-12(11)15(16,17)18/h4-6,11-12H,7-9H2,1-3H3,(H,20,23)/t11-,12-/m1/s1. The van der Waals surface area contributed by atoms with Crippen molar-refractivity contribution in [3.63, 3.8) is 0 Å². The molecule has 1 aliphatic heterocycles. The Morgan fingerprint density at radius 1 is 1.43 bits per heavy atom. The molecule has 2 heterocycles. The minimum absolute atomic E-state index is 0.115. The van der Waals surface area contributed by atoms with Crippen LogP contribution in [0.15, 0.2) is 18.3 Å². The van der Waals surface area contributed by atoms with E-state index in [2.05, 4.69) is 10.3 Å². The van der Waals surface area contributed by atoms with E-state index >= 15 is 0 Å². The van der Waals surface area contributed by atoms with Crippen molar-refractivity contribution in [2.24, 2.45) is 11.8 Å². The van der Waals surface area contributed by atoms with Crippen molar-refractivity contribution in [3.05, 3.63) is 23.9 Å². The van der Waals surface area contributed by atoms with Crippen molar-refractivity contribution in [3.8, 4) is 0 Å². The zero-order chi connectivity index (χ0) is 17.2. The molecule has 0 aromatic carbocycles. The van der Waals surface area contributed by atoms with Gasteiger partial charge in [0.05, 0.1) is 11.8 Å². The quantitative estimate of drug-likeness (QED) is 0.909. The molecule has 0 unspecified atom stereocenters. The number of anilines is 1. The Hall–Kier alpha value is -1.83. The van der Waals surface area contributed by atoms with Gasteiger partial charge >= 0.3 is 6.18 Å². The molecule has 1 amide bonds.